The third-order valence-corrected chi connectivity index (χ3v) is 7.57. The average Bonchev–Trinajstić information content (AvgIpc) is 3.09. The number of azo groups is 2. The van der Waals surface area contributed by atoms with Gasteiger partial charge in [-0.3, -0.25) is 0 Å². The maximum absolute atomic E-state index is 5.91. The first-order valence-electron chi connectivity index (χ1n) is 16.7. The molecule has 0 atom stereocenters. The Morgan fingerprint density at radius 2 is 0.733 bits per heavy atom. The fourth-order valence-corrected chi connectivity index (χ4v) is 4.81. The van der Waals surface area contributed by atoms with Crippen molar-refractivity contribution in [2.24, 2.45) is 20.5 Å². The van der Waals surface area contributed by atoms with Crippen molar-refractivity contribution in [2.45, 2.75) is 84.5 Å². The van der Waals surface area contributed by atoms with Gasteiger partial charge in [0.25, 0.3) is 0 Å². The van der Waals surface area contributed by atoms with Crippen LogP contribution in [0.15, 0.2) is 118 Å². The van der Waals surface area contributed by atoms with Gasteiger partial charge in [0.05, 0.1) is 36.0 Å². The highest BCUT2D eigenvalue weighted by Gasteiger charge is 2.00. The molecule has 0 aliphatic heterocycles. The van der Waals surface area contributed by atoms with Gasteiger partial charge in [-0.05, 0) is 135 Å². The third-order valence-electron chi connectivity index (χ3n) is 7.57. The van der Waals surface area contributed by atoms with Crippen LogP contribution in [-0.4, -0.2) is 13.2 Å². The second kappa shape index (κ2) is 19.9. The molecule has 0 saturated heterocycles. The van der Waals surface area contributed by atoms with Crippen LogP contribution in [0.2, 0.25) is 0 Å². The molecular formula is C39H48N4O2. The van der Waals surface area contributed by atoms with Crippen molar-refractivity contribution < 1.29 is 9.47 Å². The van der Waals surface area contributed by atoms with E-state index >= 15 is 0 Å². The summed E-state index contributed by atoms with van der Waals surface area (Å²) in [4.78, 5) is 0. The molecule has 6 nitrogen and oxygen atoms in total. The predicted molar refractivity (Wildman–Crippen MR) is 185 cm³/mol. The number of benzene rings is 4. The standard InChI is InChI=1S/C39H48N4O2/c1-3-5-9-13-33-16-20-35(21-17-33)41-43-37-24-28-39(29-25-37)45-31-11-8-7-10-30-44-38-26-22-36(23-27-38)42-40-34-18-14-32(15-19-34)12-6-4-2/h14-29H,3-13,30-31H2,1-2H3. The quantitative estimate of drug-likeness (QED) is 0.0744. The summed E-state index contributed by atoms with van der Waals surface area (Å²) in [5.74, 6) is 1.72. The Labute approximate surface area is 269 Å². The molecule has 0 radical (unpaired) electrons. The van der Waals surface area contributed by atoms with Crippen LogP contribution in [0, 0.1) is 0 Å². The molecule has 0 unspecified atom stereocenters. The van der Waals surface area contributed by atoms with Crippen LogP contribution in [0.25, 0.3) is 0 Å². The molecule has 0 bridgehead atoms. The molecule has 0 amide bonds. The van der Waals surface area contributed by atoms with Gasteiger partial charge >= 0.3 is 0 Å². The topological polar surface area (TPSA) is 67.9 Å². The van der Waals surface area contributed by atoms with E-state index in [1.54, 1.807) is 0 Å². The lowest BCUT2D eigenvalue weighted by Crippen LogP contribution is -1.99. The zero-order valence-electron chi connectivity index (χ0n) is 27.0. The van der Waals surface area contributed by atoms with E-state index in [1.165, 1.54) is 43.2 Å². The van der Waals surface area contributed by atoms with Crippen LogP contribution in [0.1, 0.15) is 82.8 Å². The Hall–Kier alpha value is -4.32. The second-order valence-corrected chi connectivity index (χ2v) is 11.4. The molecule has 0 aliphatic carbocycles. The van der Waals surface area contributed by atoms with Gasteiger partial charge in [-0.1, -0.05) is 57.4 Å². The van der Waals surface area contributed by atoms with E-state index in [2.05, 4.69) is 58.6 Å². The molecule has 0 spiro atoms. The fraction of sp³-hybridized carbons (Fsp3) is 0.385. The van der Waals surface area contributed by atoms with Crippen LogP contribution in [0.5, 0.6) is 11.5 Å². The molecule has 0 aliphatic rings. The number of rotatable bonds is 20. The summed E-state index contributed by atoms with van der Waals surface area (Å²) in [5, 5.41) is 17.4. The van der Waals surface area contributed by atoms with E-state index in [0.29, 0.717) is 13.2 Å². The summed E-state index contributed by atoms with van der Waals surface area (Å²) in [6.07, 6.45) is 12.7. The number of aryl methyl sites for hydroxylation is 2. The first-order chi connectivity index (χ1) is 22.2. The normalized spacial score (nSPS) is 11.4. The predicted octanol–water partition coefficient (Wildman–Crippen LogP) is 12.6. The lowest BCUT2D eigenvalue weighted by Gasteiger charge is -2.07. The first-order valence-corrected chi connectivity index (χ1v) is 16.7. The van der Waals surface area contributed by atoms with Crippen LogP contribution >= 0.6 is 0 Å². The van der Waals surface area contributed by atoms with Gasteiger partial charge in [-0.25, -0.2) is 0 Å². The van der Waals surface area contributed by atoms with Crippen LogP contribution in [0.4, 0.5) is 22.7 Å². The van der Waals surface area contributed by atoms with Crippen LogP contribution in [0.3, 0.4) is 0 Å². The lowest BCUT2D eigenvalue weighted by atomic mass is 10.1. The summed E-state index contributed by atoms with van der Waals surface area (Å²) in [5.41, 5.74) is 6.08. The van der Waals surface area contributed by atoms with Crippen LogP contribution < -0.4 is 9.47 Å². The third kappa shape index (κ3) is 13.1. The lowest BCUT2D eigenvalue weighted by molar-refractivity contribution is 0.287. The Morgan fingerprint density at radius 1 is 0.378 bits per heavy atom. The highest BCUT2D eigenvalue weighted by atomic mass is 16.5. The highest BCUT2D eigenvalue weighted by Crippen LogP contribution is 2.24. The van der Waals surface area contributed by atoms with Crippen molar-refractivity contribution in [3.8, 4) is 11.5 Å². The van der Waals surface area contributed by atoms with E-state index in [4.69, 9.17) is 9.47 Å². The van der Waals surface area contributed by atoms with E-state index < -0.39 is 0 Å². The van der Waals surface area contributed by atoms with Crippen molar-refractivity contribution in [1.82, 2.24) is 0 Å². The monoisotopic (exact) mass is 604 g/mol. The van der Waals surface area contributed by atoms with E-state index in [9.17, 15) is 0 Å². The van der Waals surface area contributed by atoms with E-state index in [-0.39, 0.29) is 0 Å². The molecule has 0 N–H and O–H groups in total. The molecule has 45 heavy (non-hydrogen) atoms. The van der Waals surface area contributed by atoms with Gasteiger partial charge in [0.2, 0.25) is 0 Å². The zero-order valence-corrected chi connectivity index (χ0v) is 27.0. The number of hydrogen-bond acceptors (Lipinski definition) is 6. The molecule has 4 rings (SSSR count). The minimum absolute atomic E-state index is 0.700. The molecule has 236 valence electrons. The van der Waals surface area contributed by atoms with Gasteiger partial charge in [0.1, 0.15) is 11.5 Å². The zero-order chi connectivity index (χ0) is 31.4. The SMILES string of the molecule is CCCCCc1ccc(N=Nc2ccc(OCCCCCCOc3ccc(N=Nc4ccc(CCCC)cc4)cc3)cc2)cc1. The van der Waals surface area contributed by atoms with Crippen molar-refractivity contribution in [1.29, 1.82) is 0 Å². The minimum atomic E-state index is 0.700. The number of hydrogen-bond donors (Lipinski definition) is 0. The fourth-order valence-electron chi connectivity index (χ4n) is 4.81. The van der Waals surface area contributed by atoms with Crippen LogP contribution in [-0.2, 0) is 12.8 Å². The summed E-state index contributed by atoms with van der Waals surface area (Å²) >= 11 is 0. The summed E-state index contributed by atoms with van der Waals surface area (Å²) in [6.45, 7) is 5.84. The van der Waals surface area contributed by atoms with Crippen molar-refractivity contribution in [3.05, 3.63) is 108 Å². The molecule has 4 aromatic carbocycles. The van der Waals surface area contributed by atoms with E-state index in [1.807, 2.05) is 72.8 Å². The summed E-state index contributed by atoms with van der Waals surface area (Å²) < 4.78 is 11.8. The molecule has 0 saturated carbocycles. The van der Waals surface area contributed by atoms with Gasteiger partial charge in [-0.2, -0.15) is 20.5 Å². The van der Waals surface area contributed by atoms with Gasteiger partial charge in [-0.15, -0.1) is 0 Å². The van der Waals surface area contributed by atoms with Crippen molar-refractivity contribution in [3.63, 3.8) is 0 Å². The molecular weight excluding hydrogens is 556 g/mol. The smallest absolute Gasteiger partial charge is 0.119 e. The Morgan fingerprint density at radius 3 is 1.11 bits per heavy atom. The highest BCUT2D eigenvalue weighted by molar-refractivity contribution is 5.44. The molecule has 6 heteroatoms. The average molecular weight is 605 g/mol. The van der Waals surface area contributed by atoms with Gasteiger partial charge < -0.3 is 9.47 Å². The Kier molecular flexibility index (Phi) is 14.8. The molecule has 0 heterocycles. The minimum Gasteiger partial charge on any atom is -0.494 e. The summed E-state index contributed by atoms with van der Waals surface area (Å²) in [6, 6.07) is 32.3. The number of ether oxygens (including phenoxy) is 2. The second-order valence-electron chi connectivity index (χ2n) is 11.4. The van der Waals surface area contributed by atoms with Gasteiger partial charge in [0.15, 0.2) is 0 Å². The Balaban J connectivity index is 1.05. The van der Waals surface area contributed by atoms with Crippen molar-refractivity contribution in [2.75, 3.05) is 13.2 Å². The van der Waals surface area contributed by atoms with E-state index in [0.717, 1.165) is 72.8 Å². The number of nitrogens with zero attached hydrogens (tertiary/aromatic N) is 4. The Bertz CT molecular complexity index is 1410. The largest absolute Gasteiger partial charge is 0.494 e. The first kappa shape index (κ1) is 33.6. The summed E-state index contributed by atoms with van der Waals surface area (Å²) in [7, 11) is 0. The maximum Gasteiger partial charge on any atom is 0.119 e. The molecule has 0 aromatic heterocycles. The van der Waals surface area contributed by atoms with Crippen molar-refractivity contribution >= 4 is 22.7 Å². The van der Waals surface area contributed by atoms with Gasteiger partial charge in [0, 0.05) is 0 Å². The molecule has 0 fully saturated rings. The molecule has 4 aromatic rings. The maximum atomic E-state index is 5.91. The number of unbranched alkanes of at least 4 members (excludes halogenated alkanes) is 6.